The molecular formula is C12H17NO. The summed E-state index contributed by atoms with van der Waals surface area (Å²) in [5, 5.41) is 9.87. The zero-order valence-corrected chi connectivity index (χ0v) is 8.83. The lowest BCUT2D eigenvalue weighted by Crippen LogP contribution is -2.27. The molecule has 0 saturated heterocycles. The van der Waals surface area contributed by atoms with Gasteiger partial charge >= 0.3 is 0 Å². The van der Waals surface area contributed by atoms with Gasteiger partial charge in [0.05, 0.1) is 6.10 Å². The highest BCUT2D eigenvalue weighted by molar-refractivity contribution is 5.57. The molecule has 14 heavy (non-hydrogen) atoms. The smallest absolute Gasteiger partial charge is 0.0827 e. The number of benzene rings is 1. The SMILES string of the molecule is CCc1ccc2c(c1)C(O)CCN2C. The fraction of sp³-hybridized carbons (Fsp3) is 0.500. The largest absolute Gasteiger partial charge is 0.388 e. The van der Waals surface area contributed by atoms with Gasteiger partial charge in [0.15, 0.2) is 0 Å². The fourth-order valence-corrected chi connectivity index (χ4v) is 2.03. The summed E-state index contributed by atoms with van der Waals surface area (Å²) in [6, 6.07) is 6.40. The molecule has 0 radical (unpaired) electrons. The summed E-state index contributed by atoms with van der Waals surface area (Å²) < 4.78 is 0. The van der Waals surface area contributed by atoms with Gasteiger partial charge in [-0.25, -0.2) is 0 Å². The van der Waals surface area contributed by atoms with Crippen LogP contribution in [0.3, 0.4) is 0 Å². The average Bonchev–Trinajstić information content (AvgIpc) is 2.23. The Bertz CT molecular complexity index is 335. The van der Waals surface area contributed by atoms with Crippen LogP contribution in [0.5, 0.6) is 0 Å². The van der Waals surface area contributed by atoms with Gasteiger partial charge in [-0.05, 0) is 24.5 Å². The van der Waals surface area contributed by atoms with E-state index in [0.29, 0.717) is 0 Å². The molecule has 2 nitrogen and oxygen atoms in total. The molecule has 0 bridgehead atoms. The highest BCUT2D eigenvalue weighted by Crippen LogP contribution is 2.33. The summed E-state index contributed by atoms with van der Waals surface area (Å²) in [6.45, 7) is 3.08. The lowest BCUT2D eigenvalue weighted by Gasteiger charge is -2.31. The van der Waals surface area contributed by atoms with Crippen molar-refractivity contribution in [3.8, 4) is 0 Å². The minimum atomic E-state index is -0.271. The first-order chi connectivity index (χ1) is 6.72. The fourth-order valence-electron chi connectivity index (χ4n) is 2.03. The van der Waals surface area contributed by atoms with Crippen LogP contribution in [-0.2, 0) is 6.42 Å². The third-order valence-electron chi connectivity index (χ3n) is 3.01. The van der Waals surface area contributed by atoms with Crippen molar-refractivity contribution in [1.82, 2.24) is 0 Å². The Balaban J connectivity index is 2.45. The highest BCUT2D eigenvalue weighted by Gasteiger charge is 2.20. The van der Waals surface area contributed by atoms with Crippen LogP contribution in [0.1, 0.15) is 30.6 Å². The van der Waals surface area contributed by atoms with Crippen LogP contribution in [0.25, 0.3) is 0 Å². The molecule has 1 aromatic carbocycles. The number of aliphatic hydroxyl groups is 1. The summed E-state index contributed by atoms with van der Waals surface area (Å²) in [4.78, 5) is 2.21. The molecule has 1 aliphatic heterocycles. The van der Waals surface area contributed by atoms with E-state index in [1.165, 1.54) is 11.3 Å². The van der Waals surface area contributed by atoms with Crippen molar-refractivity contribution in [1.29, 1.82) is 0 Å². The maximum absolute atomic E-state index is 9.87. The van der Waals surface area contributed by atoms with Gasteiger partial charge in [0.25, 0.3) is 0 Å². The number of aliphatic hydroxyl groups excluding tert-OH is 1. The molecule has 76 valence electrons. The van der Waals surface area contributed by atoms with Gasteiger partial charge < -0.3 is 10.0 Å². The van der Waals surface area contributed by atoms with Gasteiger partial charge in [-0.1, -0.05) is 19.1 Å². The molecule has 0 saturated carbocycles. The third-order valence-corrected chi connectivity index (χ3v) is 3.01. The first-order valence-electron chi connectivity index (χ1n) is 5.24. The maximum atomic E-state index is 9.87. The summed E-state index contributed by atoms with van der Waals surface area (Å²) >= 11 is 0. The number of fused-ring (bicyclic) bond motifs is 1. The highest BCUT2D eigenvalue weighted by atomic mass is 16.3. The average molecular weight is 191 g/mol. The summed E-state index contributed by atoms with van der Waals surface area (Å²) in [5.41, 5.74) is 3.58. The molecule has 1 atom stereocenters. The number of rotatable bonds is 1. The van der Waals surface area contributed by atoms with Crippen molar-refractivity contribution in [2.75, 3.05) is 18.5 Å². The summed E-state index contributed by atoms with van der Waals surface area (Å²) in [5.74, 6) is 0. The van der Waals surface area contributed by atoms with Crippen LogP contribution >= 0.6 is 0 Å². The van der Waals surface area contributed by atoms with Gasteiger partial charge in [-0.2, -0.15) is 0 Å². The van der Waals surface area contributed by atoms with Gasteiger partial charge in [-0.15, -0.1) is 0 Å². The molecule has 0 aromatic heterocycles. The zero-order valence-electron chi connectivity index (χ0n) is 8.83. The Morgan fingerprint density at radius 3 is 3.00 bits per heavy atom. The number of nitrogens with zero attached hydrogens (tertiary/aromatic N) is 1. The van der Waals surface area contributed by atoms with Gasteiger partial charge in [0.1, 0.15) is 0 Å². The molecule has 2 heteroatoms. The lowest BCUT2D eigenvalue weighted by atomic mass is 9.96. The molecule has 1 aromatic rings. The molecule has 0 fully saturated rings. The van der Waals surface area contributed by atoms with E-state index in [1.54, 1.807) is 0 Å². The molecule has 0 spiro atoms. The van der Waals surface area contributed by atoms with Crippen LogP contribution < -0.4 is 4.90 Å². The molecule has 2 rings (SSSR count). The predicted molar refractivity (Wildman–Crippen MR) is 58.7 cm³/mol. The predicted octanol–water partition coefficient (Wildman–Crippen LogP) is 2.12. The van der Waals surface area contributed by atoms with Crippen molar-refractivity contribution in [3.05, 3.63) is 29.3 Å². The summed E-state index contributed by atoms with van der Waals surface area (Å²) in [7, 11) is 2.08. The van der Waals surface area contributed by atoms with E-state index in [0.717, 1.165) is 24.9 Å². The van der Waals surface area contributed by atoms with Gasteiger partial charge in [-0.3, -0.25) is 0 Å². The van der Waals surface area contributed by atoms with E-state index in [2.05, 4.69) is 37.1 Å². The van der Waals surface area contributed by atoms with Crippen LogP contribution in [0.2, 0.25) is 0 Å². The van der Waals surface area contributed by atoms with Crippen LogP contribution in [0.4, 0.5) is 5.69 Å². The van der Waals surface area contributed by atoms with E-state index in [4.69, 9.17) is 0 Å². The first-order valence-corrected chi connectivity index (χ1v) is 5.24. The normalized spacial score (nSPS) is 20.8. The van der Waals surface area contributed by atoms with Gasteiger partial charge in [0.2, 0.25) is 0 Å². The molecular weight excluding hydrogens is 174 g/mol. The lowest BCUT2D eigenvalue weighted by molar-refractivity contribution is 0.165. The minimum absolute atomic E-state index is 0.271. The second-order valence-electron chi connectivity index (χ2n) is 3.97. The maximum Gasteiger partial charge on any atom is 0.0827 e. The number of anilines is 1. The van der Waals surface area contributed by atoms with E-state index in [-0.39, 0.29) is 6.10 Å². The van der Waals surface area contributed by atoms with Crippen LogP contribution in [0.15, 0.2) is 18.2 Å². The molecule has 1 heterocycles. The molecule has 0 aliphatic carbocycles. The monoisotopic (exact) mass is 191 g/mol. The van der Waals surface area contributed by atoms with Crippen molar-refractivity contribution >= 4 is 5.69 Å². The van der Waals surface area contributed by atoms with Crippen molar-refractivity contribution < 1.29 is 5.11 Å². The Morgan fingerprint density at radius 1 is 1.50 bits per heavy atom. The van der Waals surface area contributed by atoms with Crippen LogP contribution in [-0.4, -0.2) is 18.7 Å². The zero-order chi connectivity index (χ0) is 10.1. The Hall–Kier alpha value is -1.02. The van der Waals surface area contributed by atoms with Crippen molar-refractivity contribution in [3.63, 3.8) is 0 Å². The molecule has 1 unspecified atom stereocenters. The Kier molecular flexibility index (Phi) is 2.46. The number of hydrogen-bond acceptors (Lipinski definition) is 2. The quantitative estimate of drug-likeness (QED) is 0.735. The van der Waals surface area contributed by atoms with Crippen molar-refractivity contribution in [2.45, 2.75) is 25.9 Å². The Labute approximate surface area is 85.2 Å². The van der Waals surface area contributed by atoms with E-state index in [9.17, 15) is 5.11 Å². The second kappa shape index (κ2) is 3.62. The molecule has 1 aliphatic rings. The van der Waals surface area contributed by atoms with Gasteiger partial charge in [0, 0.05) is 24.8 Å². The first kappa shape index (κ1) is 9.53. The van der Waals surface area contributed by atoms with Crippen LogP contribution in [0, 0.1) is 0 Å². The third kappa shape index (κ3) is 1.50. The molecule has 1 N–H and O–H groups in total. The number of hydrogen-bond donors (Lipinski definition) is 1. The van der Waals surface area contributed by atoms with Crippen molar-refractivity contribution in [2.24, 2.45) is 0 Å². The summed E-state index contributed by atoms with van der Waals surface area (Å²) in [6.07, 6.45) is 1.60. The topological polar surface area (TPSA) is 23.5 Å². The second-order valence-corrected chi connectivity index (χ2v) is 3.97. The van der Waals surface area contributed by atoms with E-state index >= 15 is 0 Å². The van der Waals surface area contributed by atoms with E-state index < -0.39 is 0 Å². The Morgan fingerprint density at radius 2 is 2.29 bits per heavy atom. The number of aryl methyl sites for hydroxylation is 1. The molecule has 0 amide bonds. The standard InChI is InChI=1S/C12H17NO/c1-3-9-4-5-11-10(8-9)12(14)6-7-13(11)2/h4-5,8,12,14H,3,6-7H2,1-2H3. The van der Waals surface area contributed by atoms with E-state index in [1.807, 2.05) is 0 Å². The minimum Gasteiger partial charge on any atom is -0.388 e.